The zero-order valence-electron chi connectivity index (χ0n) is 25.3. The molecule has 2 atom stereocenters. The van der Waals surface area contributed by atoms with Crippen molar-refractivity contribution in [3.05, 3.63) is 149 Å². The molecule has 3 aliphatic heterocycles. The van der Waals surface area contributed by atoms with Crippen LogP contribution in [0.5, 0.6) is 0 Å². The fourth-order valence-electron chi connectivity index (χ4n) is 5.83. The van der Waals surface area contributed by atoms with Crippen LogP contribution in [0, 0.1) is 4.37 Å². The number of benzene rings is 3. The van der Waals surface area contributed by atoms with Gasteiger partial charge in [-0.05, 0) is 6.92 Å². The summed E-state index contributed by atoms with van der Waals surface area (Å²) < 4.78 is 9.81. The number of aliphatic imine (C=N–C) groups is 2. The van der Waals surface area contributed by atoms with Crippen molar-refractivity contribution in [1.82, 2.24) is 0 Å². The van der Waals surface area contributed by atoms with Gasteiger partial charge in [0, 0.05) is 0 Å². The van der Waals surface area contributed by atoms with E-state index in [2.05, 4.69) is 133 Å². The Hall–Kier alpha value is -2.79. The van der Waals surface area contributed by atoms with Crippen molar-refractivity contribution in [2.24, 2.45) is 9.98 Å². The van der Waals surface area contributed by atoms with E-state index in [0.29, 0.717) is 13.2 Å². The molecule has 3 aromatic carbocycles. The van der Waals surface area contributed by atoms with Gasteiger partial charge in [0.15, 0.2) is 0 Å². The molecule has 3 heterocycles. The van der Waals surface area contributed by atoms with Crippen molar-refractivity contribution in [2.75, 3.05) is 13.2 Å². The molecule has 7 heteroatoms. The molecule has 0 spiro atoms. The van der Waals surface area contributed by atoms with Crippen LogP contribution < -0.4 is 15.9 Å². The molecule has 3 aromatic rings. The molecule has 1 saturated heterocycles. The van der Waals surface area contributed by atoms with E-state index >= 15 is 0 Å². The van der Waals surface area contributed by atoms with Crippen LogP contribution in [0.1, 0.15) is 20.3 Å². The molecule has 0 aromatic heterocycles. The third-order valence-electron chi connectivity index (χ3n) is 7.78. The molecule has 0 saturated carbocycles. The minimum atomic E-state index is -2.37. The van der Waals surface area contributed by atoms with Crippen molar-refractivity contribution in [3.8, 4) is 4.37 Å². The average molecular weight is 821 g/mol. The van der Waals surface area contributed by atoms with Gasteiger partial charge in [-0.3, -0.25) is 0 Å². The van der Waals surface area contributed by atoms with Crippen LogP contribution in [-0.2, 0) is 22.7 Å². The summed E-state index contributed by atoms with van der Waals surface area (Å²) in [6.07, 6.45) is 14.2. The predicted octanol–water partition coefficient (Wildman–Crippen LogP) is 8.11. The van der Waals surface area contributed by atoms with Gasteiger partial charge in [-0.2, -0.15) is 0 Å². The molecule has 0 radical (unpaired) electrons. The van der Waals surface area contributed by atoms with E-state index in [1.165, 1.54) is 32.4 Å². The molecular formula is C38H35N2OOsPS2+. The van der Waals surface area contributed by atoms with Crippen LogP contribution in [-0.4, -0.2) is 34.0 Å². The third kappa shape index (κ3) is 6.84. The summed E-state index contributed by atoms with van der Waals surface area (Å²) in [4.78, 5) is 9.96. The van der Waals surface area contributed by atoms with Crippen LogP contribution in [0.4, 0.5) is 0 Å². The summed E-state index contributed by atoms with van der Waals surface area (Å²) in [6, 6.07) is 33.0. The van der Waals surface area contributed by atoms with Crippen LogP contribution in [0.2, 0.25) is 0 Å². The van der Waals surface area contributed by atoms with Crippen molar-refractivity contribution in [1.29, 1.82) is 0 Å². The summed E-state index contributed by atoms with van der Waals surface area (Å²) >= 11 is 5.31. The van der Waals surface area contributed by atoms with Gasteiger partial charge in [0.05, 0.1) is 0 Å². The molecule has 0 bridgehead atoms. The number of nitrogens with zero attached hydrogens (tertiary/aromatic N) is 2. The first kappa shape index (κ1) is 32.2. The van der Waals surface area contributed by atoms with Gasteiger partial charge in [0.1, 0.15) is 0 Å². The first-order valence-electron chi connectivity index (χ1n) is 15.1. The van der Waals surface area contributed by atoms with E-state index < -0.39 is 7.26 Å². The SMILES string of the molecule is C/C=C/C1=NC2SC(/C=C/C(C=C3COCC3=CCC)=C([C]#[Os])[P+](c3ccccc3)(c3ccccc3)c3ccccc3)=NC2S1. The van der Waals surface area contributed by atoms with E-state index in [1.54, 1.807) is 23.5 Å². The Balaban J connectivity index is 1.58. The predicted molar refractivity (Wildman–Crippen MR) is 195 cm³/mol. The average Bonchev–Trinajstić information content (AvgIpc) is 3.79. The number of hydrogen-bond acceptors (Lipinski definition) is 5. The molecule has 0 N–H and O–H groups in total. The topological polar surface area (TPSA) is 34.0 Å². The Morgan fingerprint density at radius 1 is 0.822 bits per heavy atom. The van der Waals surface area contributed by atoms with E-state index in [0.717, 1.165) is 22.1 Å². The maximum atomic E-state index is 5.99. The summed E-state index contributed by atoms with van der Waals surface area (Å²) in [5, 5.41) is 7.46. The van der Waals surface area contributed by atoms with Gasteiger partial charge >= 0.3 is 281 Å². The Kier molecular flexibility index (Phi) is 10.9. The van der Waals surface area contributed by atoms with Gasteiger partial charge in [-0.25, -0.2) is 0 Å². The standard InChI is InChI=1S/C38H35N2OPS2.Os/c1-4-15-30-26-41-27-31(30)25-29(23-24-36-40-38-37(44-36)39-35(43-38)16-5-2)28(3)42(32-17-9-6-10-18-32,33-19-11-7-12-20-33)34-21-13-8-14-22-34;/h5-25,37-38H,4,26-27H2,1-2H3;/q+1;/b16-5+,24-23+,29-28?,30-15?,31-25?;. The number of rotatable bonds is 9. The maximum absolute atomic E-state index is 5.99. The van der Waals surface area contributed by atoms with Gasteiger partial charge in [0.2, 0.25) is 0 Å². The van der Waals surface area contributed by atoms with E-state index in [4.69, 9.17) is 14.7 Å². The van der Waals surface area contributed by atoms with Gasteiger partial charge in [0.25, 0.3) is 0 Å². The molecule has 3 aliphatic rings. The van der Waals surface area contributed by atoms with Gasteiger partial charge < -0.3 is 0 Å². The molecule has 0 aliphatic carbocycles. The number of hydrogen-bond donors (Lipinski definition) is 0. The van der Waals surface area contributed by atoms with Crippen molar-refractivity contribution >= 4 is 56.8 Å². The monoisotopic (exact) mass is 822 g/mol. The van der Waals surface area contributed by atoms with E-state index in [-0.39, 0.29) is 10.7 Å². The van der Waals surface area contributed by atoms with Crippen LogP contribution >= 0.6 is 30.8 Å². The molecule has 1 fully saturated rings. The zero-order valence-corrected chi connectivity index (χ0v) is 30.4. The van der Waals surface area contributed by atoms with Crippen molar-refractivity contribution < 1.29 is 22.7 Å². The minimum absolute atomic E-state index is 0.128. The second kappa shape index (κ2) is 15.2. The molecule has 227 valence electrons. The van der Waals surface area contributed by atoms with Crippen LogP contribution in [0.3, 0.4) is 0 Å². The Labute approximate surface area is 285 Å². The fourth-order valence-corrected chi connectivity index (χ4v) is 14.0. The van der Waals surface area contributed by atoms with Gasteiger partial charge in [-0.1, -0.05) is 0 Å². The van der Waals surface area contributed by atoms with Crippen LogP contribution in [0.25, 0.3) is 0 Å². The second-order valence-corrected chi connectivity index (χ2v) is 16.9. The van der Waals surface area contributed by atoms with Crippen molar-refractivity contribution in [2.45, 2.75) is 31.0 Å². The number of thioether (sulfide) groups is 2. The summed E-state index contributed by atoms with van der Waals surface area (Å²) in [7, 11) is -2.37. The Bertz CT molecular complexity index is 1690. The second-order valence-electron chi connectivity index (χ2n) is 10.7. The van der Waals surface area contributed by atoms with Crippen LogP contribution in [0.15, 0.2) is 159 Å². The third-order valence-corrected chi connectivity index (χ3v) is 15.5. The molecule has 2 unspecified atom stereocenters. The van der Waals surface area contributed by atoms with E-state index in [1.807, 2.05) is 30.9 Å². The molecule has 3 nitrogen and oxygen atoms in total. The summed E-state index contributed by atoms with van der Waals surface area (Å²) in [5.41, 5.74) is 3.64. The van der Waals surface area contributed by atoms with Crippen molar-refractivity contribution in [3.63, 3.8) is 0 Å². The Morgan fingerprint density at radius 3 is 1.82 bits per heavy atom. The normalized spacial score (nSPS) is 22.2. The molecule has 6 rings (SSSR count). The fraction of sp³-hybridized carbons (Fsp3) is 0.184. The number of fused-ring (bicyclic) bond motifs is 1. The molecule has 45 heavy (non-hydrogen) atoms. The first-order valence-corrected chi connectivity index (χ1v) is 19.9. The first-order chi connectivity index (χ1) is 22.2. The number of ether oxygens (including phenoxy) is 1. The zero-order chi connectivity index (χ0) is 31.1. The summed E-state index contributed by atoms with van der Waals surface area (Å²) in [6.45, 7) is 5.47. The molecule has 0 amide bonds. The summed E-state index contributed by atoms with van der Waals surface area (Å²) in [5.74, 6) is 0. The quantitative estimate of drug-likeness (QED) is 0.162. The molecular weight excluding hydrogens is 786 g/mol. The van der Waals surface area contributed by atoms with Gasteiger partial charge in [-0.15, -0.1) is 0 Å². The van der Waals surface area contributed by atoms with E-state index in [9.17, 15) is 0 Å². The number of allylic oxidation sites excluding steroid dienone is 6. The Morgan fingerprint density at radius 2 is 1.33 bits per heavy atom.